The number of benzene rings is 3. The van der Waals surface area contributed by atoms with Crippen molar-refractivity contribution in [2.24, 2.45) is 0 Å². The Hall–Kier alpha value is -3.23. The van der Waals surface area contributed by atoms with Crippen molar-refractivity contribution in [3.8, 4) is 22.6 Å². The Labute approximate surface area is 210 Å². The summed E-state index contributed by atoms with van der Waals surface area (Å²) >= 11 is 0. The molecule has 1 unspecified atom stereocenters. The summed E-state index contributed by atoms with van der Waals surface area (Å²) in [5.74, 6) is -3.54. The van der Waals surface area contributed by atoms with Gasteiger partial charge in [0.05, 0.1) is 0 Å². The van der Waals surface area contributed by atoms with Crippen LogP contribution in [0.5, 0.6) is 11.5 Å². The van der Waals surface area contributed by atoms with Gasteiger partial charge >= 0.3 is 12.3 Å². The minimum Gasteiger partial charge on any atom is -0.481 e. The number of unbranched alkanes of at least 4 members (excludes halogenated alkanes) is 2. The van der Waals surface area contributed by atoms with Crippen LogP contribution in [-0.2, 0) is 19.0 Å². The molecule has 0 radical (unpaired) electrons. The lowest BCUT2D eigenvalue weighted by molar-refractivity contribution is -0.199. The fourth-order valence-electron chi connectivity index (χ4n) is 4.32. The summed E-state index contributed by atoms with van der Waals surface area (Å²) in [4.78, 5) is 0. The van der Waals surface area contributed by atoms with Gasteiger partial charge < -0.3 is 9.47 Å². The zero-order valence-electron chi connectivity index (χ0n) is 20.0. The van der Waals surface area contributed by atoms with Crippen LogP contribution >= 0.6 is 0 Å². The molecule has 0 saturated carbocycles. The molecule has 1 heterocycles. The highest BCUT2D eigenvalue weighted by Gasteiger charge is 2.44. The number of fused-ring (bicyclic) bond motifs is 1. The maximum absolute atomic E-state index is 14.9. The molecule has 1 aliphatic heterocycles. The first-order valence-corrected chi connectivity index (χ1v) is 12.0. The Bertz CT molecular complexity index is 1210. The molecule has 1 aliphatic rings. The molecule has 9 heteroatoms. The predicted molar refractivity (Wildman–Crippen MR) is 125 cm³/mol. The van der Waals surface area contributed by atoms with E-state index in [-0.39, 0.29) is 29.7 Å². The highest BCUT2D eigenvalue weighted by Crippen LogP contribution is 2.40. The fourth-order valence-corrected chi connectivity index (χ4v) is 4.32. The largest absolute Gasteiger partial charge is 0.481 e. The fraction of sp³-hybridized carbons (Fsp3) is 0.357. The standard InChI is InChI=1S/C28H25F7O2/c1-2-3-4-5-17-6-8-18(9-7-17)20-15-22(29)26(23(30)16-20)28(34,35)37-21-11-12-24-19(14-21)10-13-25(36-24)27(31,32)33/h6-9,11-12,14-16,25H,2-5,10,13H2,1H3. The molecule has 0 aliphatic carbocycles. The molecule has 3 aromatic carbocycles. The lowest BCUT2D eigenvalue weighted by Gasteiger charge is -2.28. The van der Waals surface area contributed by atoms with Crippen molar-refractivity contribution in [1.82, 2.24) is 0 Å². The van der Waals surface area contributed by atoms with Crippen molar-refractivity contribution in [3.63, 3.8) is 0 Å². The van der Waals surface area contributed by atoms with Gasteiger partial charge in [0.15, 0.2) is 6.10 Å². The van der Waals surface area contributed by atoms with E-state index in [0.717, 1.165) is 61.6 Å². The predicted octanol–water partition coefficient (Wildman–Crippen LogP) is 8.75. The molecule has 3 aromatic rings. The Morgan fingerprint density at radius 2 is 1.54 bits per heavy atom. The van der Waals surface area contributed by atoms with E-state index in [1.807, 2.05) is 12.1 Å². The summed E-state index contributed by atoms with van der Waals surface area (Å²) in [6.07, 6.45) is -7.34. The van der Waals surface area contributed by atoms with Crippen molar-refractivity contribution in [2.45, 2.75) is 63.8 Å². The van der Waals surface area contributed by atoms with Crippen LogP contribution in [0, 0.1) is 11.6 Å². The summed E-state index contributed by atoms with van der Waals surface area (Å²) in [5, 5.41) is 0. The minimum absolute atomic E-state index is 0.0862. The zero-order valence-corrected chi connectivity index (χ0v) is 20.0. The lowest BCUT2D eigenvalue weighted by Crippen LogP contribution is -2.37. The van der Waals surface area contributed by atoms with Crippen LogP contribution in [0.3, 0.4) is 0 Å². The van der Waals surface area contributed by atoms with Crippen molar-refractivity contribution in [1.29, 1.82) is 0 Å². The summed E-state index contributed by atoms with van der Waals surface area (Å²) in [7, 11) is 0. The van der Waals surface area contributed by atoms with Crippen LogP contribution in [0.15, 0.2) is 54.6 Å². The third-order valence-corrected chi connectivity index (χ3v) is 6.28. The normalized spacial score (nSPS) is 15.7. The number of ether oxygens (including phenoxy) is 2. The van der Waals surface area contributed by atoms with E-state index in [1.165, 1.54) is 0 Å². The van der Waals surface area contributed by atoms with Crippen LogP contribution < -0.4 is 9.47 Å². The molecule has 0 bridgehead atoms. The molecule has 2 nitrogen and oxygen atoms in total. The molecule has 0 N–H and O–H groups in total. The molecular weight excluding hydrogens is 501 g/mol. The average Bonchev–Trinajstić information content (AvgIpc) is 2.83. The minimum atomic E-state index is -4.56. The van der Waals surface area contributed by atoms with Crippen LogP contribution in [0.4, 0.5) is 30.7 Å². The van der Waals surface area contributed by atoms with E-state index in [2.05, 4.69) is 11.7 Å². The van der Waals surface area contributed by atoms with E-state index < -0.39 is 41.3 Å². The summed E-state index contributed by atoms with van der Waals surface area (Å²) in [6.45, 7) is 2.10. The first-order valence-electron chi connectivity index (χ1n) is 12.0. The van der Waals surface area contributed by atoms with E-state index >= 15 is 0 Å². The van der Waals surface area contributed by atoms with Gasteiger partial charge in [-0.15, -0.1) is 0 Å². The first-order chi connectivity index (χ1) is 17.5. The molecule has 198 valence electrons. The third-order valence-electron chi connectivity index (χ3n) is 6.28. The number of hydrogen-bond donors (Lipinski definition) is 0. The van der Waals surface area contributed by atoms with Gasteiger partial charge in [-0.05, 0) is 78.3 Å². The number of halogens is 7. The Kier molecular flexibility index (Phi) is 7.71. The summed E-state index contributed by atoms with van der Waals surface area (Å²) in [5.41, 5.74) is 0.306. The maximum atomic E-state index is 14.9. The Morgan fingerprint density at radius 3 is 2.16 bits per heavy atom. The van der Waals surface area contributed by atoms with E-state index in [4.69, 9.17) is 4.74 Å². The third kappa shape index (κ3) is 6.19. The zero-order chi connectivity index (χ0) is 26.8. The summed E-state index contributed by atoms with van der Waals surface area (Å²) in [6, 6.07) is 11.8. The maximum Gasteiger partial charge on any atom is 0.432 e. The molecule has 0 amide bonds. The highest BCUT2D eigenvalue weighted by molar-refractivity contribution is 5.64. The van der Waals surface area contributed by atoms with Gasteiger partial charge in [0.1, 0.15) is 28.7 Å². The second-order valence-electron chi connectivity index (χ2n) is 9.04. The second kappa shape index (κ2) is 10.6. The summed E-state index contributed by atoms with van der Waals surface area (Å²) < 4.78 is 108. The molecule has 0 aromatic heterocycles. The lowest BCUT2D eigenvalue weighted by atomic mass is 9.99. The van der Waals surface area contributed by atoms with E-state index in [0.29, 0.717) is 5.56 Å². The average molecular weight is 526 g/mol. The smallest absolute Gasteiger partial charge is 0.432 e. The molecule has 0 spiro atoms. The molecule has 37 heavy (non-hydrogen) atoms. The number of rotatable bonds is 8. The van der Waals surface area contributed by atoms with Gasteiger partial charge in [-0.25, -0.2) is 8.78 Å². The van der Waals surface area contributed by atoms with Gasteiger partial charge in [0.2, 0.25) is 0 Å². The van der Waals surface area contributed by atoms with Crippen molar-refractivity contribution in [3.05, 3.63) is 82.9 Å². The highest BCUT2D eigenvalue weighted by atomic mass is 19.4. The Balaban J connectivity index is 1.52. The quantitative estimate of drug-likeness (QED) is 0.216. The number of alkyl halides is 5. The SMILES string of the molecule is CCCCCc1ccc(-c2cc(F)c(C(F)(F)Oc3ccc4c(c3)CCC(C(F)(F)F)O4)c(F)c2)cc1. The van der Waals surface area contributed by atoms with Gasteiger partial charge in [-0.1, -0.05) is 44.0 Å². The second-order valence-corrected chi connectivity index (χ2v) is 9.04. The van der Waals surface area contributed by atoms with Crippen molar-refractivity contribution < 1.29 is 40.2 Å². The van der Waals surface area contributed by atoms with Crippen molar-refractivity contribution in [2.75, 3.05) is 0 Å². The van der Waals surface area contributed by atoms with Crippen molar-refractivity contribution >= 4 is 0 Å². The molecule has 0 fully saturated rings. The van der Waals surface area contributed by atoms with Gasteiger partial charge in [0.25, 0.3) is 0 Å². The number of hydrogen-bond acceptors (Lipinski definition) is 2. The molecular formula is C28H25F7O2. The first kappa shape index (κ1) is 26.8. The number of aryl methyl sites for hydroxylation is 2. The molecule has 0 saturated heterocycles. The Morgan fingerprint density at radius 1 is 0.865 bits per heavy atom. The van der Waals surface area contributed by atoms with Crippen LogP contribution in [-0.4, -0.2) is 12.3 Å². The van der Waals surface area contributed by atoms with E-state index in [1.54, 1.807) is 12.1 Å². The topological polar surface area (TPSA) is 18.5 Å². The van der Waals surface area contributed by atoms with Crippen LogP contribution in [0.2, 0.25) is 0 Å². The monoisotopic (exact) mass is 526 g/mol. The molecule has 4 rings (SSSR count). The van der Waals surface area contributed by atoms with Crippen LogP contribution in [0.25, 0.3) is 11.1 Å². The van der Waals surface area contributed by atoms with E-state index in [9.17, 15) is 30.7 Å². The van der Waals surface area contributed by atoms with Crippen LogP contribution in [0.1, 0.15) is 49.3 Å². The van der Waals surface area contributed by atoms with Gasteiger partial charge in [-0.3, -0.25) is 0 Å². The molecule has 1 atom stereocenters. The van der Waals surface area contributed by atoms with Gasteiger partial charge in [-0.2, -0.15) is 22.0 Å². The van der Waals surface area contributed by atoms with Gasteiger partial charge in [0, 0.05) is 0 Å².